The van der Waals surface area contributed by atoms with Crippen molar-refractivity contribution in [1.82, 2.24) is 19.9 Å². The molecule has 0 spiro atoms. The number of unbranched alkanes of at least 4 members (excludes halogenated alkanes) is 1. The van der Waals surface area contributed by atoms with Gasteiger partial charge in [0.25, 0.3) is 5.91 Å². The number of amides is 1. The number of methoxy groups -OCH3 is 2. The van der Waals surface area contributed by atoms with Gasteiger partial charge in [-0.1, -0.05) is 18.5 Å². The maximum Gasteiger partial charge on any atom is 0.254 e. The summed E-state index contributed by atoms with van der Waals surface area (Å²) in [5, 5.41) is 4.03. The summed E-state index contributed by atoms with van der Waals surface area (Å²) in [6.45, 7) is 5.62. The molecule has 152 valence electrons. The molecule has 1 aromatic carbocycles. The summed E-state index contributed by atoms with van der Waals surface area (Å²) >= 11 is 0. The van der Waals surface area contributed by atoms with Crippen LogP contribution in [0.4, 0.5) is 0 Å². The molecule has 1 saturated heterocycles. The van der Waals surface area contributed by atoms with E-state index < -0.39 is 0 Å². The van der Waals surface area contributed by atoms with Gasteiger partial charge in [-0.25, -0.2) is 0 Å². The number of carbonyl (C=O) groups is 1. The summed E-state index contributed by atoms with van der Waals surface area (Å²) in [6, 6.07) is 5.25. The van der Waals surface area contributed by atoms with Crippen LogP contribution in [0.5, 0.6) is 11.5 Å². The maximum absolute atomic E-state index is 12.8. The average molecular weight is 388 g/mol. The standard InChI is InChI=1S/C20H28N4O4/c1-4-5-6-18-21-19(28-22-18)14-23-9-11-24(12-10-23)20(25)15-7-8-16(26-2)17(13-15)27-3/h7-8,13H,4-6,9-12,14H2,1-3H3. The van der Waals surface area contributed by atoms with E-state index in [1.54, 1.807) is 32.4 Å². The molecule has 3 rings (SSSR count). The number of hydrogen-bond donors (Lipinski definition) is 0. The smallest absolute Gasteiger partial charge is 0.254 e. The van der Waals surface area contributed by atoms with Crippen LogP contribution in [0.2, 0.25) is 0 Å². The van der Waals surface area contributed by atoms with Gasteiger partial charge in [-0.2, -0.15) is 4.98 Å². The van der Waals surface area contributed by atoms with E-state index in [0.29, 0.717) is 42.6 Å². The Morgan fingerprint density at radius 1 is 1.14 bits per heavy atom. The Morgan fingerprint density at radius 2 is 1.89 bits per heavy atom. The van der Waals surface area contributed by atoms with Crippen LogP contribution in [0, 0.1) is 0 Å². The van der Waals surface area contributed by atoms with Crippen LogP contribution in [0.3, 0.4) is 0 Å². The van der Waals surface area contributed by atoms with E-state index in [1.165, 1.54) is 0 Å². The van der Waals surface area contributed by atoms with Crippen LogP contribution >= 0.6 is 0 Å². The SMILES string of the molecule is CCCCc1noc(CN2CCN(C(=O)c3ccc(OC)c(OC)c3)CC2)n1. The average Bonchev–Trinajstić information content (AvgIpc) is 3.19. The number of aromatic nitrogens is 2. The highest BCUT2D eigenvalue weighted by Gasteiger charge is 2.24. The fourth-order valence-corrected chi connectivity index (χ4v) is 3.24. The van der Waals surface area contributed by atoms with Crippen LogP contribution in [-0.4, -0.2) is 66.2 Å². The van der Waals surface area contributed by atoms with Crippen molar-refractivity contribution in [3.05, 3.63) is 35.5 Å². The molecule has 28 heavy (non-hydrogen) atoms. The zero-order valence-corrected chi connectivity index (χ0v) is 16.8. The molecule has 2 aromatic rings. The molecule has 1 amide bonds. The van der Waals surface area contributed by atoms with Crippen molar-refractivity contribution in [2.75, 3.05) is 40.4 Å². The molecule has 1 aliphatic heterocycles. The minimum absolute atomic E-state index is 0.000227. The first-order valence-electron chi connectivity index (χ1n) is 9.69. The van der Waals surface area contributed by atoms with Crippen molar-refractivity contribution in [2.24, 2.45) is 0 Å². The first-order valence-corrected chi connectivity index (χ1v) is 9.69. The Morgan fingerprint density at radius 3 is 2.57 bits per heavy atom. The Bertz CT molecular complexity index is 784. The van der Waals surface area contributed by atoms with Gasteiger partial charge in [0.15, 0.2) is 17.3 Å². The molecule has 1 aliphatic rings. The van der Waals surface area contributed by atoms with Crippen molar-refractivity contribution >= 4 is 5.91 Å². The lowest BCUT2D eigenvalue weighted by Crippen LogP contribution is -2.48. The number of carbonyl (C=O) groups excluding carboxylic acids is 1. The minimum Gasteiger partial charge on any atom is -0.493 e. The lowest BCUT2D eigenvalue weighted by Gasteiger charge is -2.34. The Labute approximate surface area is 165 Å². The number of nitrogens with zero attached hydrogens (tertiary/aromatic N) is 4. The van der Waals surface area contributed by atoms with Crippen molar-refractivity contribution in [3.63, 3.8) is 0 Å². The fourth-order valence-electron chi connectivity index (χ4n) is 3.24. The van der Waals surface area contributed by atoms with Crippen molar-refractivity contribution in [2.45, 2.75) is 32.7 Å². The van der Waals surface area contributed by atoms with Crippen molar-refractivity contribution < 1.29 is 18.8 Å². The van der Waals surface area contributed by atoms with Crippen LogP contribution in [-0.2, 0) is 13.0 Å². The van der Waals surface area contributed by atoms with Crippen LogP contribution in [0.25, 0.3) is 0 Å². The molecule has 1 aromatic heterocycles. The predicted octanol–water partition coefficient (Wildman–Crippen LogP) is 2.39. The maximum atomic E-state index is 12.8. The molecule has 0 aliphatic carbocycles. The molecule has 0 atom stereocenters. The molecular formula is C20H28N4O4. The number of rotatable bonds is 8. The summed E-state index contributed by atoms with van der Waals surface area (Å²) in [5.41, 5.74) is 0.601. The number of benzene rings is 1. The van der Waals surface area contributed by atoms with E-state index in [2.05, 4.69) is 22.0 Å². The van der Waals surface area contributed by atoms with Gasteiger partial charge >= 0.3 is 0 Å². The third kappa shape index (κ3) is 4.81. The quantitative estimate of drug-likeness (QED) is 0.687. The summed E-state index contributed by atoms with van der Waals surface area (Å²) < 4.78 is 15.9. The third-order valence-corrected chi connectivity index (χ3v) is 4.91. The highest BCUT2D eigenvalue weighted by molar-refractivity contribution is 5.95. The van der Waals surface area contributed by atoms with Crippen molar-refractivity contribution in [1.29, 1.82) is 0 Å². The second-order valence-electron chi connectivity index (χ2n) is 6.85. The third-order valence-electron chi connectivity index (χ3n) is 4.91. The first kappa shape index (κ1) is 20.1. The molecule has 0 N–H and O–H groups in total. The first-order chi connectivity index (χ1) is 13.6. The summed E-state index contributed by atoms with van der Waals surface area (Å²) in [4.78, 5) is 21.4. The molecule has 8 nitrogen and oxygen atoms in total. The van der Waals surface area contributed by atoms with Gasteiger partial charge in [0.05, 0.1) is 20.8 Å². The highest BCUT2D eigenvalue weighted by Crippen LogP contribution is 2.28. The molecule has 2 heterocycles. The van der Waals surface area contributed by atoms with E-state index in [4.69, 9.17) is 14.0 Å². The normalized spacial score (nSPS) is 14.9. The lowest BCUT2D eigenvalue weighted by atomic mass is 10.1. The monoisotopic (exact) mass is 388 g/mol. The molecular weight excluding hydrogens is 360 g/mol. The topological polar surface area (TPSA) is 80.9 Å². The number of hydrogen-bond acceptors (Lipinski definition) is 7. The van der Waals surface area contributed by atoms with Gasteiger partial charge < -0.3 is 18.9 Å². The lowest BCUT2D eigenvalue weighted by molar-refractivity contribution is 0.0614. The van der Waals surface area contributed by atoms with Gasteiger partial charge in [-0.15, -0.1) is 0 Å². The van der Waals surface area contributed by atoms with Crippen LogP contribution in [0.1, 0.15) is 41.8 Å². The van der Waals surface area contributed by atoms with E-state index in [1.807, 2.05) is 4.90 Å². The Kier molecular flexibility index (Phi) is 6.86. The second-order valence-corrected chi connectivity index (χ2v) is 6.85. The summed E-state index contributed by atoms with van der Waals surface area (Å²) in [7, 11) is 3.14. The second kappa shape index (κ2) is 9.54. The van der Waals surface area contributed by atoms with E-state index in [9.17, 15) is 4.79 Å². The summed E-state index contributed by atoms with van der Waals surface area (Å²) in [6.07, 6.45) is 3.03. The van der Waals surface area contributed by atoms with Gasteiger partial charge in [-0.05, 0) is 24.6 Å². The zero-order chi connectivity index (χ0) is 19.9. The minimum atomic E-state index is 0.000227. The van der Waals surface area contributed by atoms with Gasteiger partial charge in [0, 0.05) is 38.2 Å². The molecule has 8 heteroatoms. The van der Waals surface area contributed by atoms with E-state index >= 15 is 0 Å². The summed E-state index contributed by atoms with van der Waals surface area (Å²) in [5.74, 6) is 2.59. The highest BCUT2D eigenvalue weighted by atomic mass is 16.5. The molecule has 0 bridgehead atoms. The zero-order valence-electron chi connectivity index (χ0n) is 16.8. The Hall–Kier alpha value is -2.61. The largest absolute Gasteiger partial charge is 0.493 e. The molecule has 0 radical (unpaired) electrons. The van der Waals surface area contributed by atoms with E-state index in [0.717, 1.165) is 38.2 Å². The van der Waals surface area contributed by atoms with E-state index in [-0.39, 0.29) is 5.91 Å². The van der Waals surface area contributed by atoms with Crippen LogP contribution in [0.15, 0.2) is 22.7 Å². The predicted molar refractivity (Wildman–Crippen MR) is 104 cm³/mol. The van der Waals surface area contributed by atoms with Gasteiger partial charge in [0.2, 0.25) is 5.89 Å². The van der Waals surface area contributed by atoms with Crippen molar-refractivity contribution in [3.8, 4) is 11.5 Å². The van der Waals surface area contributed by atoms with Crippen LogP contribution < -0.4 is 9.47 Å². The van der Waals surface area contributed by atoms with Gasteiger partial charge in [-0.3, -0.25) is 9.69 Å². The Balaban J connectivity index is 1.53. The molecule has 0 unspecified atom stereocenters. The number of ether oxygens (including phenoxy) is 2. The molecule has 1 fully saturated rings. The number of aryl methyl sites for hydroxylation is 1. The number of piperazine rings is 1. The molecule has 0 saturated carbocycles. The van der Waals surface area contributed by atoms with Gasteiger partial charge in [0.1, 0.15) is 0 Å². The fraction of sp³-hybridized carbons (Fsp3) is 0.550.